The Balaban J connectivity index is 1.22. The van der Waals surface area contributed by atoms with E-state index in [0.29, 0.717) is 28.8 Å². The van der Waals surface area contributed by atoms with E-state index in [2.05, 4.69) is 5.32 Å². The van der Waals surface area contributed by atoms with Crippen LogP contribution in [0.1, 0.15) is 54.4 Å². The summed E-state index contributed by atoms with van der Waals surface area (Å²) in [5.41, 5.74) is 1.39. The molecule has 1 amide bonds. The SMILES string of the molecule is COC(=O)c1cccc(NC(=O)COc2ccc(C34CC5CC(CC(C(=O)O)(C5)C3)C4)cc2)c1. The molecule has 0 aromatic heterocycles. The first-order valence-corrected chi connectivity index (χ1v) is 11.8. The molecule has 2 atom stereocenters. The lowest BCUT2D eigenvalue weighted by molar-refractivity contribution is -0.167. The molecule has 2 N–H and O–H groups in total. The Hall–Kier alpha value is -3.35. The summed E-state index contributed by atoms with van der Waals surface area (Å²) < 4.78 is 10.4. The van der Waals surface area contributed by atoms with Crippen molar-refractivity contribution in [3.05, 3.63) is 59.7 Å². The number of ether oxygens (including phenoxy) is 2. The number of esters is 1. The Labute approximate surface area is 198 Å². The van der Waals surface area contributed by atoms with Gasteiger partial charge in [0.2, 0.25) is 0 Å². The highest BCUT2D eigenvalue weighted by Gasteiger charge is 2.61. The molecule has 4 aliphatic rings. The fourth-order valence-electron chi connectivity index (χ4n) is 6.94. The Morgan fingerprint density at radius 2 is 1.74 bits per heavy atom. The number of carboxylic acids is 1. The zero-order chi connectivity index (χ0) is 23.9. The molecule has 2 aromatic carbocycles. The van der Waals surface area contributed by atoms with Crippen LogP contribution in [0.15, 0.2) is 48.5 Å². The molecule has 2 unspecified atom stereocenters. The maximum absolute atomic E-state index is 12.3. The third kappa shape index (κ3) is 4.04. The molecule has 0 spiro atoms. The summed E-state index contributed by atoms with van der Waals surface area (Å²) in [7, 11) is 1.31. The number of carbonyl (C=O) groups excluding carboxylic acids is 2. The van der Waals surface area contributed by atoms with Gasteiger partial charge in [-0.15, -0.1) is 0 Å². The maximum atomic E-state index is 12.3. The third-order valence-corrected chi connectivity index (χ3v) is 7.92. The fraction of sp³-hybridized carbons (Fsp3) is 0.444. The Kier molecular flexibility index (Phi) is 5.58. The lowest BCUT2D eigenvalue weighted by Crippen LogP contribution is -2.56. The fourth-order valence-corrected chi connectivity index (χ4v) is 6.94. The molecule has 0 saturated heterocycles. The number of hydrogen-bond acceptors (Lipinski definition) is 5. The molecule has 34 heavy (non-hydrogen) atoms. The second-order valence-electron chi connectivity index (χ2n) is 10.3. The van der Waals surface area contributed by atoms with Crippen LogP contribution in [0.2, 0.25) is 0 Å². The molecule has 4 fully saturated rings. The Bertz CT molecular complexity index is 1110. The lowest BCUT2D eigenvalue weighted by atomic mass is 9.43. The van der Waals surface area contributed by atoms with Crippen LogP contribution in [0.4, 0.5) is 5.69 Å². The average Bonchev–Trinajstić information content (AvgIpc) is 2.82. The highest BCUT2D eigenvalue weighted by atomic mass is 16.5. The number of rotatable bonds is 7. The minimum atomic E-state index is -0.630. The van der Waals surface area contributed by atoms with Gasteiger partial charge in [0, 0.05) is 5.69 Å². The highest BCUT2D eigenvalue weighted by molar-refractivity contribution is 5.95. The first-order valence-electron chi connectivity index (χ1n) is 11.8. The van der Waals surface area contributed by atoms with Crippen molar-refractivity contribution in [3.63, 3.8) is 0 Å². The van der Waals surface area contributed by atoms with Gasteiger partial charge in [0.25, 0.3) is 5.91 Å². The van der Waals surface area contributed by atoms with Crippen molar-refractivity contribution in [2.45, 2.75) is 43.9 Å². The number of methoxy groups -OCH3 is 1. The first-order chi connectivity index (χ1) is 16.3. The van der Waals surface area contributed by atoms with E-state index in [1.54, 1.807) is 24.3 Å². The van der Waals surface area contributed by atoms with Crippen LogP contribution in [0, 0.1) is 17.3 Å². The third-order valence-electron chi connectivity index (χ3n) is 7.92. The standard InChI is InChI=1S/C27H29NO6/c1-33-24(30)19-3-2-4-21(10-19)28-23(29)15-34-22-7-5-20(6-8-22)26-11-17-9-18(12-26)14-27(13-17,16-26)25(31)32/h2-8,10,17-18H,9,11-16H2,1H3,(H,28,29)(H,31,32). The van der Waals surface area contributed by atoms with Crippen LogP contribution in [-0.4, -0.2) is 36.7 Å². The Morgan fingerprint density at radius 3 is 2.38 bits per heavy atom. The molecule has 7 heteroatoms. The van der Waals surface area contributed by atoms with E-state index in [0.717, 1.165) is 38.5 Å². The summed E-state index contributed by atoms with van der Waals surface area (Å²) in [5.74, 6) is 0.134. The topological polar surface area (TPSA) is 102 Å². The van der Waals surface area contributed by atoms with Gasteiger partial charge in [0.05, 0.1) is 18.1 Å². The molecule has 6 rings (SSSR count). The van der Waals surface area contributed by atoms with Crippen molar-refractivity contribution >= 4 is 23.5 Å². The van der Waals surface area contributed by atoms with Crippen molar-refractivity contribution in [3.8, 4) is 5.75 Å². The van der Waals surface area contributed by atoms with E-state index in [9.17, 15) is 19.5 Å². The minimum Gasteiger partial charge on any atom is -0.484 e. The van der Waals surface area contributed by atoms with Gasteiger partial charge in [-0.1, -0.05) is 18.2 Å². The summed E-state index contributed by atoms with van der Waals surface area (Å²) in [4.78, 5) is 36.1. The summed E-state index contributed by atoms with van der Waals surface area (Å²) >= 11 is 0. The second-order valence-corrected chi connectivity index (χ2v) is 10.3. The van der Waals surface area contributed by atoms with Crippen molar-refractivity contribution in [1.29, 1.82) is 0 Å². The van der Waals surface area contributed by atoms with Crippen LogP contribution in [0.3, 0.4) is 0 Å². The summed E-state index contributed by atoms with van der Waals surface area (Å²) in [6, 6.07) is 14.3. The largest absolute Gasteiger partial charge is 0.484 e. The molecule has 0 aliphatic heterocycles. The molecule has 178 valence electrons. The van der Waals surface area contributed by atoms with E-state index in [4.69, 9.17) is 9.47 Å². The van der Waals surface area contributed by atoms with Gasteiger partial charge < -0.3 is 19.9 Å². The van der Waals surface area contributed by atoms with E-state index >= 15 is 0 Å². The van der Waals surface area contributed by atoms with Crippen LogP contribution in [0.25, 0.3) is 0 Å². The summed E-state index contributed by atoms with van der Waals surface area (Å²) in [6.45, 7) is -0.167. The molecule has 7 nitrogen and oxygen atoms in total. The quantitative estimate of drug-likeness (QED) is 0.590. The van der Waals surface area contributed by atoms with Gasteiger partial charge in [-0.05, 0) is 91.7 Å². The number of carbonyl (C=O) groups is 3. The highest BCUT2D eigenvalue weighted by Crippen LogP contribution is 2.65. The van der Waals surface area contributed by atoms with E-state index in [-0.39, 0.29) is 17.9 Å². The maximum Gasteiger partial charge on any atom is 0.337 e. The monoisotopic (exact) mass is 463 g/mol. The van der Waals surface area contributed by atoms with Gasteiger partial charge in [-0.25, -0.2) is 4.79 Å². The van der Waals surface area contributed by atoms with Crippen LogP contribution in [0.5, 0.6) is 5.75 Å². The average molecular weight is 464 g/mol. The van der Waals surface area contributed by atoms with Gasteiger partial charge in [0.15, 0.2) is 6.61 Å². The molecular formula is C27H29NO6. The zero-order valence-electron chi connectivity index (χ0n) is 19.2. The number of benzene rings is 2. The van der Waals surface area contributed by atoms with Crippen molar-refractivity contribution < 1.29 is 29.0 Å². The summed E-state index contributed by atoms with van der Waals surface area (Å²) in [5, 5.41) is 12.7. The molecule has 0 heterocycles. The molecule has 4 saturated carbocycles. The zero-order valence-corrected chi connectivity index (χ0v) is 19.2. The van der Waals surface area contributed by atoms with Gasteiger partial charge in [-0.3, -0.25) is 9.59 Å². The van der Waals surface area contributed by atoms with Crippen LogP contribution < -0.4 is 10.1 Å². The van der Waals surface area contributed by atoms with Crippen molar-refractivity contribution in [2.24, 2.45) is 17.3 Å². The molecule has 0 radical (unpaired) electrons. The number of aliphatic carboxylic acids is 1. The number of anilines is 1. The number of nitrogens with one attached hydrogen (secondary N) is 1. The minimum absolute atomic E-state index is 0.0664. The van der Waals surface area contributed by atoms with Crippen LogP contribution in [-0.2, 0) is 19.7 Å². The van der Waals surface area contributed by atoms with Crippen molar-refractivity contribution in [1.82, 2.24) is 0 Å². The van der Waals surface area contributed by atoms with E-state index in [1.807, 2.05) is 24.3 Å². The molecular weight excluding hydrogens is 434 g/mol. The number of amides is 1. The Morgan fingerprint density at radius 1 is 1.03 bits per heavy atom. The molecule has 4 bridgehead atoms. The van der Waals surface area contributed by atoms with Gasteiger partial charge in [-0.2, -0.15) is 0 Å². The lowest BCUT2D eigenvalue weighted by Gasteiger charge is -2.60. The molecule has 2 aromatic rings. The second kappa shape index (κ2) is 8.46. The number of hydrogen-bond donors (Lipinski definition) is 2. The first kappa shape index (κ1) is 22.4. The van der Waals surface area contributed by atoms with E-state index < -0.39 is 17.4 Å². The van der Waals surface area contributed by atoms with E-state index in [1.165, 1.54) is 12.7 Å². The van der Waals surface area contributed by atoms with Gasteiger partial charge >= 0.3 is 11.9 Å². The smallest absolute Gasteiger partial charge is 0.337 e. The normalized spacial score (nSPS) is 28.9. The van der Waals surface area contributed by atoms with Crippen molar-refractivity contribution in [2.75, 3.05) is 19.0 Å². The van der Waals surface area contributed by atoms with Crippen LogP contribution >= 0.6 is 0 Å². The number of carboxylic acid groups (broad SMARTS) is 1. The predicted molar refractivity (Wildman–Crippen MR) is 125 cm³/mol. The molecule has 4 aliphatic carbocycles. The van der Waals surface area contributed by atoms with Gasteiger partial charge in [0.1, 0.15) is 5.75 Å². The predicted octanol–water partition coefficient (Wildman–Crippen LogP) is 4.41. The summed E-state index contributed by atoms with van der Waals surface area (Å²) in [6.07, 6.45) is 5.64.